The molecule has 0 saturated heterocycles. The van der Waals surface area contributed by atoms with Crippen molar-refractivity contribution in [3.8, 4) is 0 Å². The first kappa shape index (κ1) is 24.8. The lowest BCUT2D eigenvalue weighted by molar-refractivity contribution is -0.137. The van der Waals surface area contributed by atoms with E-state index in [9.17, 15) is 26.7 Å². The van der Waals surface area contributed by atoms with E-state index in [1.165, 1.54) is 30.3 Å². The van der Waals surface area contributed by atoms with E-state index in [1.807, 2.05) is 6.92 Å². The third kappa shape index (κ3) is 4.22. The number of halogens is 3. The smallest absolute Gasteiger partial charge is 0.374 e. The van der Waals surface area contributed by atoms with Crippen LogP contribution in [0.1, 0.15) is 27.8 Å². The van der Waals surface area contributed by atoms with Gasteiger partial charge in [0.25, 0.3) is 10.0 Å². The molecule has 0 saturated carbocycles. The largest absolute Gasteiger partial charge is 0.416 e. The van der Waals surface area contributed by atoms with Crippen LogP contribution in [0.3, 0.4) is 0 Å². The number of benzene rings is 4. The molecule has 0 bridgehead atoms. The number of rotatable bonds is 4. The fourth-order valence-electron chi connectivity index (χ4n) is 4.52. The highest BCUT2D eigenvalue weighted by Gasteiger charge is 2.51. The quantitative estimate of drug-likeness (QED) is 0.334. The Morgan fingerprint density at radius 1 is 0.811 bits per heavy atom. The van der Waals surface area contributed by atoms with E-state index in [4.69, 9.17) is 0 Å². The highest BCUT2D eigenvalue weighted by Crippen LogP contribution is 2.52. The second-order valence-electron chi connectivity index (χ2n) is 8.83. The van der Waals surface area contributed by atoms with Crippen LogP contribution < -0.4 is 4.31 Å². The summed E-state index contributed by atoms with van der Waals surface area (Å²) in [5.74, 6) is 0. The fourth-order valence-corrected chi connectivity index (χ4v) is 6.07. The van der Waals surface area contributed by atoms with Crippen molar-refractivity contribution in [3.63, 3.8) is 0 Å². The summed E-state index contributed by atoms with van der Waals surface area (Å²) in [6, 6.07) is 25.9. The average Bonchev–Trinajstić information content (AvgIpc) is 3.14. The van der Waals surface area contributed by atoms with E-state index in [1.54, 1.807) is 66.7 Å². The third-order valence-corrected chi connectivity index (χ3v) is 8.14. The molecular formula is C29H22F3NO3S. The summed E-state index contributed by atoms with van der Waals surface area (Å²) in [5.41, 5.74) is -0.536. The van der Waals surface area contributed by atoms with Gasteiger partial charge < -0.3 is 5.11 Å². The summed E-state index contributed by atoms with van der Waals surface area (Å²) in [6.45, 7) is 1.84. The summed E-state index contributed by atoms with van der Waals surface area (Å²) in [5, 5.41) is 12.3. The van der Waals surface area contributed by atoms with Crippen LogP contribution in [-0.2, 0) is 21.8 Å². The number of aryl methyl sites for hydroxylation is 1. The molecule has 1 unspecified atom stereocenters. The Bertz CT molecular complexity index is 1580. The molecule has 37 heavy (non-hydrogen) atoms. The van der Waals surface area contributed by atoms with E-state index >= 15 is 0 Å². The van der Waals surface area contributed by atoms with Gasteiger partial charge in [0.1, 0.15) is 0 Å². The fraction of sp³-hybridized carbons (Fsp3) is 0.103. The van der Waals surface area contributed by atoms with E-state index in [-0.39, 0.29) is 16.3 Å². The lowest BCUT2D eigenvalue weighted by atomic mass is 9.85. The topological polar surface area (TPSA) is 57.6 Å². The number of anilines is 1. The molecule has 0 fully saturated rings. The van der Waals surface area contributed by atoms with Gasteiger partial charge in [0.2, 0.25) is 0 Å². The maximum atomic E-state index is 14.0. The van der Waals surface area contributed by atoms with Crippen LogP contribution in [0.15, 0.2) is 114 Å². The highest BCUT2D eigenvalue weighted by molar-refractivity contribution is 7.93. The van der Waals surface area contributed by atoms with E-state index < -0.39 is 27.4 Å². The molecule has 4 aromatic carbocycles. The molecule has 188 valence electrons. The van der Waals surface area contributed by atoms with Gasteiger partial charge in [-0.3, -0.25) is 0 Å². The molecule has 0 radical (unpaired) electrons. The number of fused-ring (bicyclic) bond motifs is 1. The summed E-state index contributed by atoms with van der Waals surface area (Å²) in [6.07, 6.45) is -3.10. The maximum Gasteiger partial charge on any atom is 0.416 e. The van der Waals surface area contributed by atoms with E-state index in [0.717, 1.165) is 22.0 Å². The zero-order valence-corrected chi connectivity index (χ0v) is 20.5. The Morgan fingerprint density at radius 2 is 1.41 bits per heavy atom. The molecule has 1 aliphatic rings. The Balaban J connectivity index is 1.78. The SMILES string of the molecule is Cc1ccc(S(=O)(=O)N2/C(=C\c3ccc(C(F)(F)F)cc3)C(O)(c3ccccc3)c3ccccc32)cc1. The van der Waals surface area contributed by atoms with Crippen molar-refractivity contribution in [3.05, 3.63) is 137 Å². The molecule has 5 rings (SSSR count). The Labute approximate surface area is 213 Å². The molecular weight excluding hydrogens is 499 g/mol. The van der Waals surface area contributed by atoms with Crippen LogP contribution in [0, 0.1) is 6.92 Å². The predicted molar refractivity (Wildman–Crippen MR) is 136 cm³/mol. The van der Waals surface area contributed by atoms with Crippen LogP contribution in [0.4, 0.5) is 18.9 Å². The van der Waals surface area contributed by atoms with Gasteiger partial charge in [-0.15, -0.1) is 0 Å². The zero-order valence-electron chi connectivity index (χ0n) is 19.6. The van der Waals surface area contributed by atoms with Gasteiger partial charge in [-0.25, -0.2) is 12.7 Å². The molecule has 0 aliphatic carbocycles. The van der Waals surface area contributed by atoms with Gasteiger partial charge in [0.15, 0.2) is 5.60 Å². The average molecular weight is 522 g/mol. The molecule has 1 aliphatic heterocycles. The second-order valence-corrected chi connectivity index (χ2v) is 10.6. The van der Waals surface area contributed by atoms with Crippen LogP contribution in [0.5, 0.6) is 0 Å². The minimum absolute atomic E-state index is 0.0137. The van der Waals surface area contributed by atoms with Gasteiger partial charge in [-0.1, -0.05) is 78.4 Å². The van der Waals surface area contributed by atoms with Crippen LogP contribution in [0.2, 0.25) is 0 Å². The predicted octanol–water partition coefficient (Wildman–Crippen LogP) is 6.50. The number of para-hydroxylation sites is 1. The van der Waals surface area contributed by atoms with Crippen LogP contribution in [-0.4, -0.2) is 13.5 Å². The molecule has 0 aromatic heterocycles. The van der Waals surface area contributed by atoms with E-state index in [0.29, 0.717) is 16.7 Å². The first-order valence-corrected chi connectivity index (χ1v) is 12.9. The number of hydrogen-bond donors (Lipinski definition) is 1. The standard InChI is InChI=1S/C29H22F3NO3S/c1-20-11-17-24(18-12-20)37(35,36)33-26-10-6-5-9-25(26)28(34,22-7-3-2-4-8-22)27(33)19-21-13-15-23(16-14-21)29(30,31)32/h2-19,34H,1H3/b27-19-. The minimum Gasteiger partial charge on any atom is -0.374 e. The Hall–Kier alpha value is -3.88. The summed E-state index contributed by atoms with van der Waals surface area (Å²) in [7, 11) is -4.22. The summed E-state index contributed by atoms with van der Waals surface area (Å²) in [4.78, 5) is 0.0172. The van der Waals surface area contributed by atoms with Crippen LogP contribution >= 0.6 is 0 Å². The number of alkyl halides is 3. The van der Waals surface area contributed by atoms with Crippen molar-refractivity contribution in [2.75, 3.05) is 4.31 Å². The number of aliphatic hydroxyl groups is 1. The van der Waals surface area contributed by atoms with Gasteiger partial charge in [-0.05, 0) is 54.5 Å². The van der Waals surface area contributed by atoms with Gasteiger partial charge >= 0.3 is 6.18 Å². The van der Waals surface area contributed by atoms with Crippen molar-refractivity contribution in [1.82, 2.24) is 0 Å². The number of sulfonamides is 1. The lowest BCUT2D eigenvalue weighted by Gasteiger charge is -2.29. The van der Waals surface area contributed by atoms with Crippen LogP contribution in [0.25, 0.3) is 6.08 Å². The zero-order chi connectivity index (χ0) is 26.4. The van der Waals surface area contributed by atoms with Crippen molar-refractivity contribution < 1.29 is 26.7 Å². The molecule has 4 aromatic rings. The van der Waals surface area contributed by atoms with Crippen molar-refractivity contribution in [2.45, 2.75) is 23.6 Å². The Morgan fingerprint density at radius 3 is 2.03 bits per heavy atom. The first-order chi connectivity index (χ1) is 17.5. The molecule has 1 N–H and O–H groups in total. The summed E-state index contributed by atoms with van der Waals surface area (Å²) >= 11 is 0. The highest BCUT2D eigenvalue weighted by atomic mass is 32.2. The van der Waals surface area contributed by atoms with Crippen molar-refractivity contribution >= 4 is 21.8 Å². The second kappa shape index (κ2) is 8.90. The molecule has 1 heterocycles. The molecule has 8 heteroatoms. The number of hydrogen-bond acceptors (Lipinski definition) is 3. The van der Waals surface area contributed by atoms with Crippen molar-refractivity contribution in [1.29, 1.82) is 0 Å². The minimum atomic E-state index is -4.51. The molecule has 0 spiro atoms. The normalized spacial score (nSPS) is 18.7. The molecule has 1 atom stereocenters. The monoisotopic (exact) mass is 521 g/mol. The maximum absolute atomic E-state index is 14.0. The number of nitrogens with zero attached hydrogens (tertiary/aromatic N) is 1. The first-order valence-electron chi connectivity index (χ1n) is 11.4. The Kier molecular flexibility index (Phi) is 5.96. The van der Waals surface area contributed by atoms with Gasteiger partial charge in [-0.2, -0.15) is 13.2 Å². The third-order valence-electron chi connectivity index (χ3n) is 6.39. The molecule has 0 amide bonds. The van der Waals surface area contributed by atoms with E-state index in [2.05, 4.69) is 0 Å². The molecule has 4 nitrogen and oxygen atoms in total. The van der Waals surface area contributed by atoms with Gasteiger partial charge in [0.05, 0.1) is 21.8 Å². The van der Waals surface area contributed by atoms with Gasteiger partial charge in [0, 0.05) is 5.56 Å². The van der Waals surface area contributed by atoms with Crippen molar-refractivity contribution in [2.24, 2.45) is 0 Å². The lowest BCUT2D eigenvalue weighted by Crippen LogP contribution is -2.35. The summed E-state index contributed by atoms with van der Waals surface area (Å²) < 4.78 is 68.6.